The van der Waals surface area contributed by atoms with Crippen molar-refractivity contribution in [3.05, 3.63) is 35.9 Å². The van der Waals surface area contributed by atoms with E-state index in [1.54, 1.807) is 0 Å². The van der Waals surface area contributed by atoms with E-state index < -0.39 is 0 Å². The smallest absolute Gasteiger partial charge is 0 e. The minimum absolute atomic E-state index is 0. The molecule has 0 atom stereocenters. The summed E-state index contributed by atoms with van der Waals surface area (Å²) in [6.45, 7) is 4.19. The molecule has 0 saturated carbocycles. The Morgan fingerprint density at radius 3 is 2.83 bits per heavy atom. The molecular formula is C10H14NY-. The molecule has 0 bridgehead atoms. The Labute approximate surface area is 99.8 Å². The first kappa shape index (κ1) is 12.3. The van der Waals surface area contributed by atoms with E-state index >= 15 is 0 Å². The van der Waals surface area contributed by atoms with Crippen LogP contribution in [-0.4, -0.2) is 6.54 Å². The summed E-state index contributed by atoms with van der Waals surface area (Å²) in [5.74, 6) is 0. The van der Waals surface area contributed by atoms with Crippen LogP contribution in [0.1, 0.15) is 18.9 Å². The van der Waals surface area contributed by atoms with Crippen molar-refractivity contribution in [2.75, 3.05) is 6.54 Å². The zero-order valence-corrected chi connectivity index (χ0v) is 10.3. The first-order chi connectivity index (χ1) is 5.43. The van der Waals surface area contributed by atoms with Crippen LogP contribution in [0.2, 0.25) is 0 Å². The zero-order chi connectivity index (χ0) is 7.94. The van der Waals surface area contributed by atoms with Crippen LogP contribution in [0.4, 0.5) is 0 Å². The van der Waals surface area contributed by atoms with Gasteiger partial charge in [-0.1, -0.05) is 6.92 Å². The molecule has 2 heteroatoms. The number of hydrogen-bond donors (Lipinski definition) is 1. The van der Waals surface area contributed by atoms with Crippen LogP contribution in [0.5, 0.6) is 0 Å². The summed E-state index contributed by atoms with van der Waals surface area (Å²) in [5, 5.41) is 3.32. The van der Waals surface area contributed by atoms with E-state index in [1.807, 2.05) is 18.2 Å². The molecule has 0 spiro atoms. The summed E-state index contributed by atoms with van der Waals surface area (Å²) < 4.78 is 0. The summed E-state index contributed by atoms with van der Waals surface area (Å²) in [7, 11) is 0. The van der Waals surface area contributed by atoms with E-state index in [0.717, 1.165) is 13.1 Å². The third-order valence-corrected chi connectivity index (χ3v) is 1.52. The maximum atomic E-state index is 3.32. The zero-order valence-electron chi connectivity index (χ0n) is 7.51. The van der Waals surface area contributed by atoms with Gasteiger partial charge in [0, 0.05) is 32.7 Å². The van der Waals surface area contributed by atoms with Gasteiger partial charge in [-0.3, -0.25) is 0 Å². The van der Waals surface area contributed by atoms with Gasteiger partial charge in [0.1, 0.15) is 0 Å². The van der Waals surface area contributed by atoms with Crippen LogP contribution in [0.25, 0.3) is 0 Å². The Balaban J connectivity index is 0.00000121. The van der Waals surface area contributed by atoms with Crippen molar-refractivity contribution in [2.24, 2.45) is 0 Å². The van der Waals surface area contributed by atoms with Gasteiger partial charge in [0.05, 0.1) is 0 Å². The standard InChI is InChI=1S/C10H14N.Y/c1-2-8-11-9-10-6-4-3-5-7-10;/h3-6,11H,2,8-9H2,1H3;/q-1;. The SMILES string of the molecule is CCCNCc1[c-]cccc1.[Y]. The maximum Gasteiger partial charge on any atom is 0 e. The van der Waals surface area contributed by atoms with E-state index in [1.165, 1.54) is 12.0 Å². The van der Waals surface area contributed by atoms with Crippen molar-refractivity contribution in [1.29, 1.82) is 0 Å². The van der Waals surface area contributed by atoms with Gasteiger partial charge in [0.2, 0.25) is 0 Å². The molecule has 1 aromatic rings. The Bertz CT molecular complexity index is 186. The molecule has 1 N–H and O–H groups in total. The average Bonchev–Trinajstić information content (AvgIpc) is 2.07. The van der Waals surface area contributed by atoms with Gasteiger partial charge in [0.25, 0.3) is 0 Å². The first-order valence-corrected chi connectivity index (χ1v) is 4.10. The fourth-order valence-electron chi connectivity index (χ4n) is 0.940. The second-order valence-corrected chi connectivity index (χ2v) is 2.56. The molecule has 1 rings (SSSR count). The van der Waals surface area contributed by atoms with Gasteiger partial charge >= 0.3 is 0 Å². The fraction of sp³-hybridized carbons (Fsp3) is 0.400. The molecular weight excluding hydrogens is 223 g/mol. The molecule has 0 aliphatic carbocycles. The Kier molecular flexibility index (Phi) is 8.10. The molecule has 12 heavy (non-hydrogen) atoms. The molecule has 0 saturated heterocycles. The van der Waals surface area contributed by atoms with E-state index in [0.29, 0.717) is 0 Å². The Hall–Kier alpha value is 0.284. The van der Waals surface area contributed by atoms with Crippen LogP contribution in [-0.2, 0) is 39.3 Å². The van der Waals surface area contributed by atoms with E-state index in [-0.39, 0.29) is 32.7 Å². The van der Waals surface area contributed by atoms with Crippen molar-refractivity contribution >= 4 is 0 Å². The molecule has 0 amide bonds. The first-order valence-electron chi connectivity index (χ1n) is 4.10. The third-order valence-electron chi connectivity index (χ3n) is 1.52. The minimum Gasteiger partial charge on any atom is -0.315 e. The molecule has 0 aromatic heterocycles. The van der Waals surface area contributed by atoms with Gasteiger partial charge < -0.3 is 5.32 Å². The molecule has 63 valence electrons. The number of rotatable bonds is 4. The molecule has 1 radical (unpaired) electrons. The van der Waals surface area contributed by atoms with Crippen LogP contribution in [0, 0.1) is 6.07 Å². The molecule has 0 aliphatic rings. The van der Waals surface area contributed by atoms with Crippen molar-refractivity contribution in [3.8, 4) is 0 Å². The summed E-state index contributed by atoms with van der Waals surface area (Å²) in [4.78, 5) is 0. The Morgan fingerprint density at radius 1 is 1.42 bits per heavy atom. The summed E-state index contributed by atoms with van der Waals surface area (Å²) >= 11 is 0. The van der Waals surface area contributed by atoms with Crippen LogP contribution in [0.15, 0.2) is 24.3 Å². The molecule has 1 nitrogen and oxygen atoms in total. The number of hydrogen-bond acceptors (Lipinski definition) is 1. The topological polar surface area (TPSA) is 12.0 Å². The number of benzene rings is 1. The monoisotopic (exact) mass is 237 g/mol. The van der Waals surface area contributed by atoms with Crippen molar-refractivity contribution in [1.82, 2.24) is 5.32 Å². The Morgan fingerprint density at radius 2 is 2.25 bits per heavy atom. The van der Waals surface area contributed by atoms with Gasteiger partial charge in [-0.25, -0.2) is 0 Å². The quantitative estimate of drug-likeness (QED) is 0.623. The van der Waals surface area contributed by atoms with E-state index in [4.69, 9.17) is 0 Å². The molecule has 0 aliphatic heterocycles. The largest absolute Gasteiger partial charge is 0.315 e. The van der Waals surface area contributed by atoms with Crippen LogP contribution in [0.3, 0.4) is 0 Å². The summed E-state index contributed by atoms with van der Waals surface area (Å²) in [6, 6.07) is 11.2. The second-order valence-electron chi connectivity index (χ2n) is 2.56. The number of nitrogens with one attached hydrogen (secondary N) is 1. The van der Waals surface area contributed by atoms with Crippen molar-refractivity contribution in [3.63, 3.8) is 0 Å². The molecule has 0 fully saturated rings. The predicted octanol–water partition coefficient (Wildman–Crippen LogP) is 1.98. The normalized spacial score (nSPS) is 9.08. The van der Waals surface area contributed by atoms with E-state index in [9.17, 15) is 0 Å². The van der Waals surface area contributed by atoms with E-state index in [2.05, 4.69) is 24.4 Å². The van der Waals surface area contributed by atoms with Gasteiger partial charge in [0.15, 0.2) is 0 Å². The van der Waals surface area contributed by atoms with Crippen molar-refractivity contribution in [2.45, 2.75) is 19.9 Å². The molecule has 0 heterocycles. The fourth-order valence-corrected chi connectivity index (χ4v) is 0.940. The van der Waals surface area contributed by atoms with Gasteiger partial charge in [-0.05, 0) is 19.5 Å². The van der Waals surface area contributed by atoms with Gasteiger partial charge in [-0.2, -0.15) is 30.3 Å². The maximum absolute atomic E-state index is 3.32. The van der Waals surface area contributed by atoms with Crippen molar-refractivity contribution < 1.29 is 32.7 Å². The van der Waals surface area contributed by atoms with Crippen LogP contribution >= 0.6 is 0 Å². The average molecular weight is 237 g/mol. The second kappa shape index (κ2) is 7.91. The minimum atomic E-state index is 0. The van der Waals surface area contributed by atoms with Gasteiger partial charge in [-0.15, -0.1) is 5.56 Å². The predicted molar refractivity (Wildman–Crippen MR) is 47.3 cm³/mol. The summed E-state index contributed by atoms with van der Waals surface area (Å²) in [5.41, 5.74) is 1.24. The molecule has 0 unspecified atom stereocenters. The third kappa shape index (κ3) is 5.02. The van der Waals surface area contributed by atoms with Crippen LogP contribution < -0.4 is 5.32 Å². The summed E-state index contributed by atoms with van der Waals surface area (Å²) in [6.07, 6.45) is 1.19. The molecule has 1 aromatic carbocycles.